The van der Waals surface area contributed by atoms with E-state index in [4.69, 9.17) is 0 Å². The SMILES string of the molecule is Cc1ccc2c(c1-c1n(-c3c(C(C)C)cccc3C(C)C)c3ccccc3[n+]1C)C(C)(C)c1ccncc1-2. The molecule has 3 heteroatoms. The number of aromatic nitrogens is 3. The molecule has 2 heterocycles. The van der Waals surface area contributed by atoms with Gasteiger partial charge in [-0.25, -0.2) is 4.57 Å². The van der Waals surface area contributed by atoms with E-state index in [-0.39, 0.29) is 5.41 Å². The minimum atomic E-state index is -0.137. The van der Waals surface area contributed by atoms with Crippen LogP contribution in [0.5, 0.6) is 0 Å². The van der Waals surface area contributed by atoms with Crippen LogP contribution in [0.25, 0.3) is 39.2 Å². The van der Waals surface area contributed by atoms with Crippen molar-refractivity contribution in [3.8, 4) is 28.2 Å². The molecular weight excluding hydrogens is 462 g/mol. The van der Waals surface area contributed by atoms with Crippen molar-refractivity contribution in [3.63, 3.8) is 0 Å². The lowest BCUT2D eigenvalue weighted by molar-refractivity contribution is -0.633. The Kier molecular flexibility index (Phi) is 5.61. The van der Waals surface area contributed by atoms with Gasteiger partial charge in [-0.1, -0.05) is 84.0 Å². The second-order valence-corrected chi connectivity index (χ2v) is 12.0. The molecule has 192 valence electrons. The van der Waals surface area contributed by atoms with E-state index in [1.165, 1.54) is 67.1 Å². The maximum atomic E-state index is 4.51. The molecule has 5 aromatic rings. The van der Waals surface area contributed by atoms with Crippen LogP contribution in [0.2, 0.25) is 0 Å². The second-order valence-electron chi connectivity index (χ2n) is 12.0. The highest BCUT2D eigenvalue weighted by molar-refractivity contribution is 5.90. The third kappa shape index (κ3) is 3.34. The van der Waals surface area contributed by atoms with Crippen LogP contribution >= 0.6 is 0 Å². The van der Waals surface area contributed by atoms with Crippen molar-refractivity contribution < 1.29 is 4.57 Å². The van der Waals surface area contributed by atoms with Gasteiger partial charge in [-0.05, 0) is 59.2 Å². The number of rotatable bonds is 4. The van der Waals surface area contributed by atoms with Crippen molar-refractivity contribution in [1.82, 2.24) is 9.55 Å². The van der Waals surface area contributed by atoms with E-state index in [2.05, 4.69) is 130 Å². The van der Waals surface area contributed by atoms with Gasteiger partial charge in [0.15, 0.2) is 11.0 Å². The van der Waals surface area contributed by atoms with Crippen molar-refractivity contribution in [2.75, 3.05) is 0 Å². The number of imidazole rings is 1. The highest BCUT2D eigenvalue weighted by Crippen LogP contribution is 2.53. The zero-order valence-electron chi connectivity index (χ0n) is 23.9. The Morgan fingerprint density at radius 1 is 0.816 bits per heavy atom. The molecule has 3 nitrogen and oxygen atoms in total. The maximum absolute atomic E-state index is 4.51. The van der Waals surface area contributed by atoms with E-state index in [0.717, 1.165) is 0 Å². The van der Waals surface area contributed by atoms with Gasteiger partial charge in [0.25, 0.3) is 5.82 Å². The van der Waals surface area contributed by atoms with Crippen LogP contribution in [0.3, 0.4) is 0 Å². The summed E-state index contributed by atoms with van der Waals surface area (Å²) in [7, 11) is 2.23. The molecule has 1 aliphatic rings. The average Bonchev–Trinajstić information content (AvgIpc) is 3.32. The van der Waals surface area contributed by atoms with Gasteiger partial charge in [0.1, 0.15) is 5.69 Å². The van der Waals surface area contributed by atoms with Crippen molar-refractivity contribution in [1.29, 1.82) is 0 Å². The third-order valence-electron chi connectivity index (χ3n) is 8.63. The van der Waals surface area contributed by atoms with Crippen LogP contribution in [0, 0.1) is 6.92 Å². The van der Waals surface area contributed by atoms with Crippen LogP contribution in [-0.2, 0) is 12.5 Å². The number of nitrogens with zero attached hydrogens (tertiary/aromatic N) is 3. The summed E-state index contributed by atoms with van der Waals surface area (Å²) in [6.45, 7) is 16.3. The molecule has 0 spiro atoms. The molecule has 6 rings (SSSR count). The molecule has 3 aromatic carbocycles. The minimum absolute atomic E-state index is 0.137. The molecule has 0 fully saturated rings. The second kappa shape index (κ2) is 8.66. The molecule has 0 saturated heterocycles. The highest BCUT2D eigenvalue weighted by Gasteiger charge is 2.42. The summed E-state index contributed by atoms with van der Waals surface area (Å²) < 4.78 is 4.98. The van der Waals surface area contributed by atoms with Crippen LogP contribution in [0.4, 0.5) is 0 Å². The number of pyridine rings is 1. The zero-order valence-corrected chi connectivity index (χ0v) is 23.9. The largest absolute Gasteiger partial charge is 0.295 e. The zero-order chi connectivity index (χ0) is 26.9. The van der Waals surface area contributed by atoms with Gasteiger partial charge in [0.05, 0.1) is 12.6 Å². The lowest BCUT2D eigenvalue weighted by Gasteiger charge is -2.25. The Morgan fingerprint density at radius 2 is 1.50 bits per heavy atom. The molecule has 38 heavy (non-hydrogen) atoms. The van der Waals surface area contributed by atoms with E-state index in [9.17, 15) is 0 Å². The average molecular weight is 501 g/mol. The van der Waals surface area contributed by atoms with Gasteiger partial charge in [-0.15, -0.1) is 0 Å². The van der Waals surface area contributed by atoms with E-state index in [1.54, 1.807) is 0 Å². The molecule has 0 amide bonds. The van der Waals surface area contributed by atoms with Gasteiger partial charge in [-0.3, -0.25) is 4.98 Å². The first kappa shape index (κ1) is 24.6. The minimum Gasteiger partial charge on any atom is -0.264 e. The fraction of sp³-hybridized carbons (Fsp3) is 0.314. The van der Waals surface area contributed by atoms with E-state index >= 15 is 0 Å². The van der Waals surface area contributed by atoms with Crippen molar-refractivity contribution in [2.45, 2.75) is 65.7 Å². The molecule has 0 radical (unpaired) electrons. The van der Waals surface area contributed by atoms with Crippen molar-refractivity contribution in [3.05, 3.63) is 101 Å². The number of aryl methyl sites for hydroxylation is 2. The fourth-order valence-electron chi connectivity index (χ4n) is 6.75. The predicted molar refractivity (Wildman–Crippen MR) is 158 cm³/mol. The standard InChI is InChI=1S/C35H38N3/c1-21(2)24-12-11-13-25(22(3)4)33(24)38-30-15-10-9-14-29(30)37(8)34(38)31-23(5)16-17-26-27-20-36-19-18-28(27)35(6,7)32(26)31/h9-22H,1-8H3/q+1. The predicted octanol–water partition coefficient (Wildman–Crippen LogP) is 8.38. The van der Waals surface area contributed by atoms with Crippen LogP contribution in [0.15, 0.2) is 73.1 Å². The van der Waals surface area contributed by atoms with Crippen LogP contribution < -0.4 is 4.57 Å². The van der Waals surface area contributed by atoms with Gasteiger partial charge < -0.3 is 0 Å². The van der Waals surface area contributed by atoms with E-state index in [1.807, 2.05) is 12.4 Å². The Labute approximate surface area is 226 Å². The number of fused-ring (bicyclic) bond motifs is 4. The highest BCUT2D eigenvalue weighted by atomic mass is 15.2. The first-order valence-corrected chi connectivity index (χ1v) is 13.9. The topological polar surface area (TPSA) is 21.7 Å². The lowest BCUT2D eigenvalue weighted by atomic mass is 9.79. The smallest absolute Gasteiger partial charge is 0.264 e. The van der Waals surface area contributed by atoms with E-state index < -0.39 is 0 Å². The Hall–Kier alpha value is -3.72. The molecule has 0 unspecified atom stereocenters. The monoisotopic (exact) mass is 500 g/mol. The fourth-order valence-corrected chi connectivity index (χ4v) is 6.75. The summed E-state index contributed by atoms with van der Waals surface area (Å²) >= 11 is 0. The van der Waals surface area contributed by atoms with Gasteiger partial charge in [0, 0.05) is 34.5 Å². The number of benzene rings is 3. The Morgan fingerprint density at radius 3 is 2.18 bits per heavy atom. The van der Waals surface area contributed by atoms with E-state index in [0.29, 0.717) is 11.8 Å². The molecule has 0 atom stereocenters. The van der Waals surface area contributed by atoms with Gasteiger partial charge in [-0.2, -0.15) is 4.57 Å². The van der Waals surface area contributed by atoms with Crippen LogP contribution in [-0.4, -0.2) is 9.55 Å². The third-order valence-corrected chi connectivity index (χ3v) is 8.63. The quantitative estimate of drug-likeness (QED) is 0.227. The summed E-state index contributed by atoms with van der Waals surface area (Å²) in [5.41, 5.74) is 14.4. The number of hydrogen-bond donors (Lipinski definition) is 0. The summed E-state index contributed by atoms with van der Waals surface area (Å²) in [5, 5.41) is 0. The molecule has 0 bridgehead atoms. The van der Waals surface area contributed by atoms with Gasteiger partial charge >= 0.3 is 0 Å². The first-order valence-electron chi connectivity index (χ1n) is 13.9. The Bertz CT molecular complexity index is 1690. The number of hydrogen-bond acceptors (Lipinski definition) is 1. The molecular formula is C35H38N3+. The summed E-state index contributed by atoms with van der Waals surface area (Å²) in [4.78, 5) is 4.51. The van der Waals surface area contributed by atoms with Crippen LogP contribution in [0.1, 0.15) is 81.2 Å². The van der Waals surface area contributed by atoms with Gasteiger partial charge in [0.2, 0.25) is 0 Å². The number of para-hydroxylation sites is 3. The molecule has 0 saturated carbocycles. The lowest BCUT2D eigenvalue weighted by Crippen LogP contribution is -2.32. The molecule has 0 N–H and O–H groups in total. The Balaban J connectivity index is 1.82. The maximum Gasteiger partial charge on any atom is 0.295 e. The first-order chi connectivity index (χ1) is 18.1. The molecule has 1 aliphatic carbocycles. The normalized spacial score (nSPS) is 13.9. The molecule has 2 aromatic heterocycles. The van der Waals surface area contributed by atoms with Crippen molar-refractivity contribution in [2.24, 2.45) is 7.05 Å². The summed E-state index contributed by atoms with van der Waals surface area (Å²) in [5.74, 6) is 2.04. The van der Waals surface area contributed by atoms with Crippen molar-refractivity contribution >= 4 is 11.0 Å². The summed E-state index contributed by atoms with van der Waals surface area (Å²) in [6, 6.07) is 22.5. The molecule has 0 aliphatic heterocycles. The summed E-state index contributed by atoms with van der Waals surface area (Å²) in [6.07, 6.45) is 3.98.